The Morgan fingerprint density at radius 2 is 2.50 bits per heavy atom. The van der Waals surface area contributed by atoms with Crippen molar-refractivity contribution < 1.29 is 0 Å². The highest BCUT2D eigenvalue weighted by molar-refractivity contribution is 8.15. The normalized spacial score (nSPS) is 17.5. The molecule has 2 heterocycles. The van der Waals surface area contributed by atoms with Gasteiger partial charge in [-0.05, 0) is 36.8 Å². The number of anilines is 1. The van der Waals surface area contributed by atoms with Crippen LogP contribution in [0.2, 0.25) is 0 Å². The number of aromatic nitrogens is 1. The third-order valence-corrected chi connectivity index (χ3v) is 4.11. The van der Waals surface area contributed by atoms with E-state index in [0.29, 0.717) is 16.9 Å². The van der Waals surface area contributed by atoms with E-state index in [0.717, 1.165) is 23.1 Å². The summed E-state index contributed by atoms with van der Waals surface area (Å²) in [5, 5.41) is 5.12. The average molecular weight is 306 g/mol. The summed E-state index contributed by atoms with van der Waals surface area (Å²) in [5.74, 6) is 0.798. The van der Waals surface area contributed by atoms with E-state index in [-0.39, 0.29) is 0 Å². The number of hydrogen-bond donors (Lipinski definition) is 1. The lowest BCUT2D eigenvalue weighted by molar-refractivity contribution is 0.972. The van der Waals surface area contributed by atoms with Gasteiger partial charge in [-0.15, -0.1) is 6.58 Å². The molecule has 0 fully saturated rings. The van der Waals surface area contributed by atoms with Gasteiger partial charge >= 0.3 is 0 Å². The van der Waals surface area contributed by atoms with Crippen LogP contribution in [0.3, 0.4) is 0 Å². The molecule has 1 aliphatic heterocycles. The molecule has 0 aromatic carbocycles. The molecular weight excluding hydrogens is 288 g/mol. The largest absolute Gasteiger partial charge is 0.358 e. The Bertz CT molecular complexity index is 542. The Morgan fingerprint density at radius 1 is 1.70 bits per heavy atom. The van der Waals surface area contributed by atoms with Gasteiger partial charge in [0, 0.05) is 18.0 Å². The van der Waals surface area contributed by atoms with Crippen LogP contribution in [0.25, 0.3) is 0 Å². The van der Waals surface area contributed by atoms with Crippen molar-refractivity contribution in [1.82, 2.24) is 10.3 Å². The SMILES string of the molecule is C=CCNC(=S)N(C1=NCC(C)S1)c1cc(C)ccn1. The maximum atomic E-state index is 5.47. The van der Waals surface area contributed by atoms with Gasteiger partial charge < -0.3 is 5.32 Å². The number of pyridine rings is 1. The second kappa shape index (κ2) is 6.85. The first-order valence-corrected chi connectivity index (χ1v) is 7.73. The van der Waals surface area contributed by atoms with E-state index in [9.17, 15) is 0 Å². The van der Waals surface area contributed by atoms with Crippen LogP contribution < -0.4 is 10.2 Å². The summed E-state index contributed by atoms with van der Waals surface area (Å²) in [6.07, 6.45) is 3.57. The summed E-state index contributed by atoms with van der Waals surface area (Å²) >= 11 is 7.19. The van der Waals surface area contributed by atoms with Crippen molar-refractivity contribution in [3.63, 3.8) is 0 Å². The molecule has 1 aromatic rings. The van der Waals surface area contributed by atoms with Crippen molar-refractivity contribution in [2.24, 2.45) is 4.99 Å². The van der Waals surface area contributed by atoms with E-state index in [1.807, 2.05) is 24.0 Å². The van der Waals surface area contributed by atoms with Crippen LogP contribution in [0, 0.1) is 6.92 Å². The molecule has 1 N–H and O–H groups in total. The molecule has 6 heteroatoms. The molecule has 1 unspecified atom stereocenters. The van der Waals surface area contributed by atoms with Gasteiger partial charge in [0.05, 0.1) is 6.54 Å². The van der Waals surface area contributed by atoms with Crippen molar-refractivity contribution in [1.29, 1.82) is 0 Å². The Kier molecular flexibility index (Phi) is 5.14. The predicted octanol–water partition coefficient (Wildman–Crippen LogP) is 2.75. The molecule has 0 bridgehead atoms. The number of amidine groups is 1. The van der Waals surface area contributed by atoms with Crippen molar-refractivity contribution in [3.05, 3.63) is 36.5 Å². The first kappa shape index (κ1) is 15.0. The van der Waals surface area contributed by atoms with Crippen molar-refractivity contribution in [2.45, 2.75) is 19.1 Å². The maximum absolute atomic E-state index is 5.47. The van der Waals surface area contributed by atoms with E-state index in [2.05, 4.69) is 28.8 Å². The molecule has 106 valence electrons. The summed E-state index contributed by atoms with van der Waals surface area (Å²) in [6, 6.07) is 3.97. The van der Waals surface area contributed by atoms with Gasteiger partial charge in [0.2, 0.25) is 0 Å². The molecule has 0 saturated heterocycles. The van der Waals surface area contributed by atoms with E-state index in [1.165, 1.54) is 0 Å². The van der Waals surface area contributed by atoms with Gasteiger partial charge in [-0.25, -0.2) is 9.88 Å². The predicted molar refractivity (Wildman–Crippen MR) is 91.6 cm³/mol. The number of aryl methyl sites for hydroxylation is 1. The molecular formula is C14H18N4S2. The van der Waals surface area contributed by atoms with Crippen LogP contribution in [-0.2, 0) is 0 Å². The minimum atomic E-state index is 0.472. The van der Waals surface area contributed by atoms with E-state index >= 15 is 0 Å². The number of thioether (sulfide) groups is 1. The standard InChI is InChI=1S/C14H18N4S2/c1-4-6-16-13(19)18(14-17-9-11(3)20-14)12-8-10(2)5-7-15-12/h4-5,7-8,11H,1,6,9H2,2-3H3,(H,16,19). The molecule has 20 heavy (non-hydrogen) atoms. The van der Waals surface area contributed by atoms with Gasteiger partial charge in [0.25, 0.3) is 0 Å². The molecule has 2 rings (SSSR count). The van der Waals surface area contributed by atoms with Crippen LogP contribution in [0.15, 0.2) is 36.0 Å². The Hall–Kier alpha value is -1.40. The third kappa shape index (κ3) is 3.58. The third-order valence-electron chi connectivity index (χ3n) is 2.71. The van der Waals surface area contributed by atoms with Gasteiger partial charge in [0.15, 0.2) is 10.3 Å². The van der Waals surface area contributed by atoms with Crippen molar-refractivity contribution >= 4 is 40.1 Å². The molecule has 4 nitrogen and oxygen atoms in total. The van der Waals surface area contributed by atoms with Gasteiger partial charge in [0.1, 0.15) is 5.82 Å². The highest BCUT2D eigenvalue weighted by atomic mass is 32.2. The Morgan fingerprint density at radius 3 is 3.10 bits per heavy atom. The van der Waals surface area contributed by atoms with E-state index < -0.39 is 0 Å². The fourth-order valence-electron chi connectivity index (χ4n) is 1.75. The van der Waals surface area contributed by atoms with E-state index in [1.54, 1.807) is 24.0 Å². The summed E-state index contributed by atoms with van der Waals surface area (Å²) in [4.78, 5) is 10.9. The van der Waals surface area contributed by atoms with Crippen LogP contribution in [0.5, 0.6) is 0 Å². The first-order valence-electron chi connectivity index (χ1n) is 6.44. The second-order valence-electron chi connectivity index (χ2n) is 4.55. The van der Waals surface area contributed by atoms with Gasteiger partial charge in [-0.1, -0.05) is 24.8 Å². The molecule has 0 aliphatic carbocycles. The number of rotatable bonds is 3. The molecule has 0 spiro atoms. The van der Waals surface area contributed by atoms with E-state index in [4.69, 9.17) is 12.2 Å². The summed E-state index contributed by atoms with van der Waals surface area (Å²) in [5.41, 5.74) is 1.14. The Labute approximate surface area is 129 Å². The number of nitrogens with zero attached hydrogens (tertiary/aromatic N) is 3. The zero-order chi connectivity index (χ0) is 14.5. The minimum absolute atomic E-state index is 0.472. The van der Waals surface area contributed by atoms with Crippen molar-refractivity contribution in [2.75, 3.05) is 18.0 Å². The molecule has 1 aliphatic rings. The lowest BCUT2D eigenvalue weighted by Crippen LogP contribution is -2.43. The average Bonchev–Trinajstić information content (AvgIpc) is 2.83. The summed E-state index contributed by atoms with van der Waals surface area (Å²) in [6.45, 7) is 9.32. The number of thiocarbonyl (C=S) groups is 1. The highest BCUT2D eigenvalue weighted by Gasteiger charge is 2.25. The number of aliphatic imine (C=N–C) groups is 1. The Balaban J connectivity index is 2.29. The maximum Gasteiger partial charge on any atom is 0.181 e. The fourth-order valence-corrected chi connectivity index (χ4v) is 3.02. The molecule has 1 aromatic heterocycles. The van der Waals surface area contributed by atoms with Crippen LogP contribution in [-0.4, -0.2) is 33.6 Å². The van der Waals surface area contributed by atoms with Crippen LogP contribution in [0.1, 0.15) is 12.5 Å². The highest BCUT2D eigenvalue weighted by Crippen LogP contribution is 2.26. The quantitative estimate of drug-likeness (QED) is 0.687. The zero-order valence-corrected chi connectivity index (χ0v) is 13.3. The topological polar surface area (TPSA) is 40.5 Å². The first-order chi connectivity index (χ1) is 9.61. The van der Waals surface area contributed by atoms with Crippen LogP contribution in [0.4, 0.5) is 5.82 Å². The van der Waals surface area contributed by atoms with Crippen LogP contribution >= 0.6 is 24.0 Å². The lowest BCUT2D eigenvalue weighted by atomic mass is 10.3. The van der Waals surface area contributed by atoms with Gasteiger partial charge in [-0.2, -0.15) is 0 Å². The minimum Gasteiger partial charge on any atom is -0.358 e. The molecule has 1 atom stereocenters. The number of nitrogens with one attached hydrogen (secondary N) is 1. The number of hydrogen-bond acceptors (Lipinski definition) is 4. The molecule has 0 amide bonds. The smallest absolute Gasteiger partial charge is 0.181 e. The molecule has 0 radical (unpaired) electrons. The monoisotopic (exact) mass is 306 g/mol. The fraction of sp³-hybridized carbons (Fsp3) is 0.357. The second-order valence-corrected chi connectivity index (χ2v) is 6.35. The van der Waals surface area contributed by atoms with Crippen molar-refractivity contribution in [3.8, 4) is 0 Å². The summed E-state index contributed by atoms with van der Waals surface area (Å²) < 4.78 is 0. The summed E-state index contributed by atoms with van der Waals surface area (Å²) in [7, 11) is 0. The zero-order valence-electron chi connectivity index (χ0n) is 11.7. The van der Waals surface area contributed by atoms with Gasteiger partial charge in [-0.3, -0.25) is 4.99 Å². The lowest BCUT2D eigenvalue weighted by Gasteiger charge is -2.24. The molecule has 0 saturated carbocycles.